The molecule has 9 nitrogen and oxygen atoms in total. The van der Waals surface area contributed by atoms with Crippen LogP contribution in [0.25, 0.3) is 21.9 Å². The SMILES string of the molecule is CCCOC(=O)c1ccc(OC(=O)N2CCc3nc(C(=O)Nc4ccccc4N)sc3C2)c(-c2ccc3ccccc3c2)c1. The first-order valence-corrected chi connectivity index (χ1v) is 15.1. The second-order valence-corrected chi connectivity index (χ2v) is 11.5. The number of fused-ring (bicyclic) bond motifs is 2. The van der Waals surface area contributed by atoms with E-state index in [0.29, 0.717) is 59.3 Å². The lowest BCUT2D eigenvalue weighted by Crippen LogP contribution is -2.37. The Morgan fingerprint density at radius 1 is 0.977 bits per heavy atom. The van der Waals surface area contributed by atoms with Gasteiger partial charge in [-0.15, -0.1) is 11.3 Å². The van der Waals surface area contributed by atoms with E-state index in [4.69, 9.17) is 15.2 Å². The largest absolute Gasteiger partial charge is 0.462 e. The summed E-state index contributed by atoms with van der Waals surface area (Å²) in [5.41, 5.74) is 9.50. The molecule has 0 aliphatic carbocycles. The summed E-state index contributed by atoms with van der Waals surface area (Å²) >= 11 is 1.24. The standard InChI is InChI=1S/C34H30N4O5S/c1-2-17-42-33(40)24-13-14-29(25(19-24)23-12-11-21-7-3-4-8-22(21)18-23)43-34(41)38-16-15-28-30(20-38)44-32(37-28)31(39)36-27-10-6-5-9-26(27)35/h3-14,18-19H,2,15-17,20,35H2,1H3,(H,36,39). The van der Waals surface area contributed by atoms with E-state index in [2.05, 4.69) is 10.3 Å². The van der Waals surface area contributed by atoms with E-state index in [0.717, 1.165) is 26.9 Å². The summed E-state index contributed by atoms with van der Waals surface area (Å²) in [5, 5.41) is 5.20. The number of nitrogens with one attached hydrogen (secondary N) is 1. The van der Waals surface area contributed by atoms with Gasteiger partial charge in [0.1, 0.15) is 5.75 Å². The third-order valence-electron chi connectivity index (χ3n) is 7.30. The number of carbonyl (C=O) groups excluding carboxylic acids is 3. The fourth-order valence-corrected chi connectivity index (χ4v) is 6.02. The van der Waals surface area contributed by atoms with Crippen LogP contribution >= 0.6 is 11.3 Å². The van der Waals surface area contributed by atoms with Gasteiger partial charge in [0.25, 0.3) is 5.91 Å². The fraction of sp³-hybridized carbons (Fsp3) is 0.176. The highest BCUT2D eigenvalue weighted by atomic mass is 32.1. The molecule has 222 valence electrons. The highest BCUT2D eigenvalue weighted by Crippen LogP contribution is 2.35. The van der Waals surface area contributed by atoms with E-state index in [1.807, 2.05) is 49.4 Å². The number of carbonyl (C=O) groups is 3. The molecule has 0 radical (unpaired) electrons. The Labute approximate surface area is 258 Å². The number of hydrogen-bond donors (Lipinski definition) is 2. The highest BCUT2D eigenvalue weighted by molar-refractivity contribution is 7.13. The van der Waals surface area contributed by atoms with Crippen LogP contribution in [0.15, 0.2) is 84.9 Å². The zero-order valence-electron chi connectivity index (χ0n) is 24.0. The van der Waals surface area contributed by atoms with Gasteiger partial charge < -0.3 is 25.4 Å². The number of anilines is 2. The van der Waals surface area contributed by atoms with E-state index in [1.165, 1.54) is 11.3 Å². The second-order valence-electron chi connectivity index (χ2n) is 10.4. The highest BCUT2D eigenvalue weighted by Gasteiger charge is 2.28. The van der Waals surface area contributed by atoms with Crippen LogP contribution < -0.4 is 15.8 Å². The van der Waals surface area contributed by atoms with Gasteiger partial charge in [0.05, 0.1) is 35.8 Å². The molecule has 1 aromatic heterocycles. The van der Waals surface area contributed by atoms with Crippen LogP contribution in [0.3, 0.4) is 0 Å². The number of nitrogens with two attached hydrogens (primary N) is 1. The summed E-state index contributed by atoms with van der Waals surface area (Å²) in [6, 6.07) is 25.9. The van der Waals surface area contributed by atoms with Crippen LogP contribution in [0, 0.1) is 0 Å². The molecule has 0 bridgehead atoms. The number of nitrogens with zero attached hydrogens (tertiary/aromatic N) is 2. The topological polar surface area (TPSA) is 124 Å². The monoisotopic (exact) mass is 606 g/mol. The summed E-state index contributed by atoms with van der Waals surface area (Å²) in [7, 11) is 0. The molecule has 4 aromatic carbocycles. The maximum absolute atomic E-state index is 13.5. The Morgan fingerprint density at radius 2 is 1.77 bits per heavy atom. The number of aromatic nitrogens is 1. The number of benzene rings is 4. The minimum atomic E-state index is -0.532. The van der Waals surface area contributed by atoms with Crippen molar-refractivity contribution in [2.75, 3.05) is 24.2 Å². The van der Waals surface area contributed by atoms with Gasteiger partial charge in [-0.3, -0.25) is 4.79 Å². The molecule has 2 heterocycles. The summed E-state index contributed by atoms with van der Waals surface area (Å²) in [6.07, 6.45) is 0.668. The predicted octanol–water partition coefficient (Wildman–Crippen LogP) is 6.92. The van der Waals surface area contributed by atoms with Gasteiger partial charge in [-0.1, -0.05) is 55.5 Å². The predicted molar refractivity (Wildman–Crippen MR) is 171 cm³/mol. The number of nitrogen functional groups attached to an aromatic ring is 1. The molecule has 0 spiro atoms. The first-order valence-electron chi connectivity index (χ1n) is 14.3. The van der Waals surface area contributed by atoms with Crippen molar-refractivity contribution in [2.45, 2.75) is 26.3 Å². The van der Waals surface area contributed by atoms with Crippen LogP contribution in [0.4, 0.5) is 16.2 Å². The molecule has 2 amide bonds. The molecular weight excluding hydrogens is 576 g/mol. The van der Waals surface area contributed by atoms with Gasteiger partial charge in [-0.2, -0.15) is 0 Å². The van der Waals surface area contributed by atoms with E-state index >= 15 is 0 Å². The molecule has 0 fully saturated rings. The lowest BCUT2D eigenvalue weighted by atomic mass is 9.98. The zero-order chi connectivity index (χ0) is 30.6. The van der Waals surface area contributed by atoms with Crippen molar-refractivity contribution in [3.05, 3.63) is 106 Å². The van der Waals surface area contributed by atoms with Crippen LogP contribution in [-0.4, -0.2) is 41.0 Å². The second kappa shape index (κ2) is 12.6. The Bertz CT molecular complexity index is 1890. The normalized spacial score (nSPS) is 12.4. The smallest absolute Gasteiger partial charge is 0.415 e. The number of amides is 2. The van der Waals surface area contributed by atoms with E-state index < -0.39 is 12.1 Å². The molecule has 0 unspecified atom stereocenters. The molecular formula is C34H30N4O5S. The van der Waals surface area contributed by atoms with Gasteiger partial charge in [0.15, 0.2) is 5.01 Å². The zero-order valence-corrected chi connectivity index (χ0v) is 24.9. The van der Waals surface area contributed by atoms with Crippen molar-refractivity contribution >= 4 is 51.5 Å². The van der Waals surface area contributed by atoms with Crippen molar-refractivity contribution in [3.63, 3.8) is 0 Å². The van der Waals surface area contributed by atoms with E-state index in [-0.39, 0.29) is 12.5 Å². The number of para-hydroxylation sites is 2. The van der Waals surface area contributed by atoms with Crippen molar-refractivity contribution in [2.24, 2.45) is 0 Å². The summed E-state index contributed by atoms with van der Waals surface area (Å²) in [6.45, 7) is 2.90. The first-order chi connectivity index (χ1) is 21.4. The lowest BCUT2D eigenvalue weighted by molar-refractivity contribution is 0.0505. The summed E-state index contributed by atoms with van der Waals surface area (Å²) < 4.78 is 11.3. The molecule has 1 aliphatic heterocycles. The average molecular weight is 607 g/mol. The fourth-order valence-electron chi connectivity index (χ4n) is 5.00. The number of hydrogen-bond acceptors (Lipinski definition) is 8. The molecule has 0 atom stereocenters. The summed E-state index contributed by atoms with van der Waals surface area (Å²) in [5.74, 6) is -0.461. The minimum Gasteiger partial charge on any atom is -0.462 e. The van der Waals surface area contributed by atoms with Gasteiger partial charge in [0, 0.05) is 23.4 Å². The average Bonchev–Trinajstić information content (AvgIpc) is 3.48. The Morgan fingerprint density at radius 3 is 2.59 bits per heavy atom. The minimum absolute atomic E-state index is 0.263. The van der Waals surface area contributed by atoms with Crippen LogP contribution in [0.5, 0.6) is 5.75 Å². The summed E-state index contributed by atoms with van der Waals surface area (Å²) in [4.78, 5) is 45.9. The number of rotatable bonds is 7. The van der Waals surface area contributed by atoms with Gasteiger partial charge >= 0.3 is 12.1 Å². The molecule has 3 N–H and O–H groups in total. The molecule has 6 rings (SSSR count). The molecule has 0 saturated heterocycles. The number of ether oxygens (including phenoxy) is 2. The van der Waals surface area contributed by atoms with Crippen molar-refractivity contribution in [1.82, 2.24) is 9.88 Å². The third kappa shape index (κ3) is 6.11. The van der Waals surface area contributed by atoms with Gasteiger partial charge in [-0.05, 0) is 59.2 Å². The third-order valence-corrected chi connectivity index (χ3v) is 8.38. The van der Waals surface area contributed by atoms with Crippen LogP contribution in [0.2, 0.25) is 0 Å². The Kier molecular flexibility index (Phi) is 8.25. The molecule has 1 aliphatic rings. The van der Waals surface area contributed by atoms with Crippen molar-refractivity contribution in [1.29, 1.82) is 0 Å². The number of esters is 1. The van der Waals surface area contributed by atoms with E-state index in [1.54, 1.807) is 47.4 Å². The van der Waals surface area contributed by atoms with Crippen LogP contribution in [0.1, 0.15) is 44.1 Å². The van der Waals surface area contributed by atoms with Crippen molar-refractivity contribution in [3.8, 4) is 16.9 Å². The molecule has 5 aromatic rings. The quantitative estimate of drug-likeness (QED) is 0.152. The van der Waals surface area contributed by atoms with Gasteiger partial charge in [0.2, 0.25) is 0 Å². The van der Waals surface area contributed by atoms with Crippen molar-refractivity contribution < 1.29 is 23.9 Å². The maximum atomic E-state index is 13.5. The maximum Gasteiger partial charge on any atom is 0.415 e. The van der Waals surface area contributed by atoms with E-state index in [9.17, 15) is 14.4 Å². The Hall–Kier alpha value is -5.22. The molecule has 0 saturated carbocycles. The van der Waals surface area contributed by atoms with Gasteiger partial charge in [-0.25, -0.2) is 14.6 Å². The lowest BCUT2D eigenvalue weighted by Gasteiger charge is -2.25. The number of thiazole rings is 1. The molecule has 10 heteroatoms. The molecule has 44 heavy (non-hydrogen) atoms. The van der Waals surface area contributed by atoms with Crippen LogP contribution in [-0.2, 0) is 17.7 Å². The Balaban J connectivity index is 1.22. The first kappa shape index (κ1) is 28.9.